The molecule has 1 aromatic carbocycles. The highest BCUT2D eigenvalue weighted by atomic mass is 19.1. The van der Waals surface area contributed by atoms with E-state index < -0.39 is 17.3 Å². The minimum absolute atomic E-state index is 0.0353. The van der Waals surface area contributed by atoms with Crippen LogP contribution in [-0.4, -0.2) is 39.6 Å². The van der Waals surface area contributed by atoms with Gasteiger partial charge in [-0.1, -0.05) is 12.1 Å². The molecule has 6 nitrogen and oxygen atoms in total. The van der Waals surface area contributed by atoms with Gasteiger partial charge in [0.05, 0.1) is 11.6 Å². The van der Waals surface area contributed by atoms with Gasteiger partial charge < -0.3 is 9.84 Å². The van der Waals surface area contributed by atoms with Crippen molar-refractivity contribution in [3.8, 4) is 11.9 Å². The average Bonchev–Trinajstić information content (AvgIpc) is 3.55. The average molecular weight is 395 g/mol. The molecule has 1 N–H and O–H groups in total. The zero-order valence-corrected chi connectivity index (χ0v) is 16.0. The fourth-order valence-electron chi connectivity index (χ4n) is 4.01. The van der Waals surface area contributed by atoms with Crippen LogP contribution in [0, 0.1) is 17.1 Å². The summed E-state index contributed by atoms with van der Waals surface area (Å²) in [5.41, 5.74) is 0.929. The predicted octanol–water partition coefficient (Wildman–Crippen LogP) is 3.47. The lowest BCUT2D eigenvalue weighted by molar-refractivity contribution is -0.145. The predicted molar refractivity (Wildman–Crippen MR) is 103 cm³/mol. The molecule has 4 rings (SSSR count). The van der Waals surface area contributed by atoms with Gasteiger partial charge in [-0.15, -0.1) is 0 Å². The lowest BCUT2D eigenvalue weighted by Crippen LogP contribution is -2.47. The van der Waals surface area contributed by atoms with Crippen molar-refractivity contribution < 1.29 is 19.0 Å². The number of nitrogens with zero attached hydrogens (tertiary/aromatic N) is 3. The van der Waals surface area contributed by atoms with Crippen LogP contribution in [0.1, 0.15) is 48.4 Å². The number of rotatable bonds is 6. The largest absolute Gasteiger partial charge is 0.480 e. The van der Waals surface area contributed by atoms with Crippen molar-refractivity contribution in [2.24, 2.45) is 0 Å². The van der Waals surface area contributed by atoms with Crippen LogP contribution in [0.3, 0.4) is 0 Å². The van der Waals surface area contributed by atoms with Gasteiger partial charge in [0.15, 0.2) is 0 Å². The molecule has 0 amide bonds. The number of piperidine rings is 1. The van der Waals surface area contributed by atoms with E-state index in [-0.39, 0.29) is 18.1 Å². The van der Waals surface area contributed by atoms with Gasteiger partial charge in [-0.2, -0.15) is 5.26 Å². The summed E-state index contributed by atoms with van der Waals surface area (Å²) in [4.78, 5) is 18.2. The standard InChI is InChI=1S/C22H22FN3O3/c23-18-12-15(13-24)4-5-17(18)14-29-20-3-1-2-19(25-20)16-6-10-26(11-7-16)22(8-9-22)21(27)28/h1-5,12,16H,6-11,14H2,(H,27,28). The monoisotopic (exact) mass is 395 g/mol. The summed E-state index contributed by atoms with van der Waals surface area (Å²) in [6.07, 6.45) is 3.19. The van der Waals surface area contributed by atoms with E-state index in [1.165, 1.54) is 6.07 Å². The quantitative estimate of drug-likeness (QED) is 0.806. The van der Waals surface area contributed by atoms with Gasteiger partial charge in [-0.25, -0.2) is 9.37 Å². The second kappa shape index (κ2) is 7.80. The highest BCUT2D eigenvalue weighted by molar-refractivity contribution is 5.82. The van der Waals surface area contributed by atoms with Gasteiger partial charge in [0.2, 0.25) is 5.88 Å². The summed E-state index contributed by atoms with van der Waals surface area (Å²) in [7, 11) is 0. The Morgan fingerprint density at radius 1 is 1.31 bits per heavy atom. The first-order valence-electron chi connectivity index (χ1n) is 9.78. The van der Waals surface area contributed by atoms with Gasteiger partial charge in [-0.05, 0) is 57.0 Å². The van der Waals surface area contributed by atoms with Crippen LogP contribution in [0.5, 0.6) is 5.88 Å². The molecule has 29 heavy (non-hydrogen) atoms. The van der Waals surface area contributed by atoms with Gasteiger partial charge in [0, 0.05) is 23.2 Å². The Kier molecular flexibility index (Phi) is 5.20. The van der Waals surface area contributed by atoms with Crippen LogP contribution in [0.25, 0.3) is 0 Å². The number of pyridine rings is 1. The third kappa shape index (κ3) is 3.94. The van der Waals surface area contributed by atoms with Crippen LogP contribution >= 0.6 is 0 Å². The van der Waals surface area contributed by atoms with Crippen LogP contribution in [0.2, 0.25) is 0 Å². The Hall–Kier alpha value is -2.98. The normalized spacial score (nSPS) is 18.8. The molecule has 2 fully saturated rings. The first kappa shape index (κ1) is 19.3. The van der Waals surface area contributed by atoms with E-state index in [4.69, 9.17) is 10.00 Å². The molecule has 1 aliphatic heterocycles. The molecule has 0 radical (unpaired) electrons. The number of aliphatic carboxylic acids is 1. The van der Waals surface area contributed by atoms with Crippen LogP contribution in [0.15, 0.2) is 36.4 Å². The van der Waals surface area contributed by atoms with E-state index in [2.05, 4.69) is 9.88 Å². The second-order valence-corrected chi connectivity index (χ2v) is 7.71. The molecule has 0 bridgehead atoms. The number of halogens is 1. The Morgan fingerprint density at radius 2 is 2.07 bits per heavy atom. The van der Waals surface area contributed by atoms with E-state index in [9.17, 15) is 14.3 Å². The molecule has 2 heterocycles. The molecule has 2 aliphatic rings. The van der Waals surface area contributed by atoms with E-state index in [0.29, 0.717) is 11.4 Å². The Bertz CT molecular complexity index is 960. The molecule has 0 unspecified atom stereocenters. The molecule has 1 saturated heterocycles. The van der Waals surface area contributed by atoms with Gasteiger partial charge in [0.1, 0.15) is 18.0 Å². The van der Waals surface area contributed by atoms with Crippen molar-refractivity contribution in [3.63, 3.8) is 0 Å². The van der Waals surface area contributed by atoms with Gasteiger partial charge in [-0.3, -0.25) is 9.69 Å². The topological polar surface area (TPSA) is 86.5 Å². The number of hydrogen-bond acceptors (Lipinski definition) is 5. The molecular formula is C22H22FN3O3. The van der Waals surface area contributed by atoms with Crippen LogP contribution in [-0.2, 0) is 11.4 Å². The Balaban J connectivity index is 1.37. The fraction of sp³-hybridized carbons (Fsp3) is 0.409. The van der Waals surface area contributed by atoms with Crippen LogP contribution < -0.4 is 4.74 Å². The number of carboxylic acid groups (broad SMARTS) is 1. The minimum Gasteiger partial charge on any atom is -0.480 e. The van der Waals surface area contributed by atoms with Crippen LogP contribution in [0.4, 0.5) is 4.39 Å². The molecule has 1 aromatic heterocycles. The lowest BCUT2D eigenvalue weighted by Gasteiger charge is -2.35. The lowest BCUT2D eigenvalue weighted by atomic mass is 9.92. The van der Waals surface area contributed by atoms with E-state index in [0.717, 1.165) is 44.5 Å². The number of benzene rings is 1. The summed E-state index contributed by atoms with van der Waals surface area (Å²) >= 11 is 0. The molecule has 1 aliphatic carbocycles. The minimum atomic E-state index is -0.709. The first-order chi connectivity index (χ1) is 14.0. The number of nitriles is 1. The van der Waals surface area contributed by atoms with Gasteiger partial charge in [0.25, 0.3) is 0 Å². The van der Waals surface area contributed by atoms with Crippen molar-refractivity contribution in [3.05, 3.63) is 59.0 Å². The maximum Gasteiger partial charge on any atom is 0.324 e. The summed E-state index contributed by atoms with van der Waals surface area (Å²) in [6, 6.07) is 11.8. The van der Waals surface area contributed by atoms with Gasteiger partial charge >= 0.3 is 5.97 Å². The molecule has 1 saturated carbocycles. The van der Waals surface area contributed by atoms with Crippen molar-refractivity contribution in [1.82, 2.24) is 9.88 Å². The first-order valence-corrected chi connectivity index (χ1v) is 9.78. The molecule has 0 atom stereocenters. The van der Waals surface area contributed by atoms with E-state index in [1.54, 1.807) is 18.2 Å². The number of carboxylic acids is 1. The zero-order valence-electron chi connectivity index (χ0n) is 16.0. The molecule has 150 valence electrons. The maximum absolute atomic E-state index is 14.0. The number of carbonyl (C=O) groups is 1. The molecule has 0 spiro atoms. The van der Waals surface area contributed by atoms with Crippen molar-refractivity contribution in [2.75, 3.05) is 13.1 Å². The third-order valence-electron chi connectivity index (χ3n) is 5.94. The van der Waals surface area contributed by atoms with E-state index >= 15 is 0 Å². The maximum atomic E-state index is 14.0. The summed E-state index contributed by atoms with van der Waals surface area (Å²) < 4.78 is 19.7. The number of hydrogen-bond donors (Lipinski definition) is 1. The molecule has 2 aromatic rings. The fourth-order valence-corrected chi connectivity index (χ4v) is 4.01. The van der Waals surface area contributed by atoms with Crippen molar-refractivity contribution in [1.29, 1.82) is 5.26 Å². The molecule has 7 heteroatoms. The smallest absolute Gasteiger partial charge is 0.324 e. The molecular weight excluding hydrogens is 373 g/mol. The number of ether oxygens (including phenoxy) is 1. The highest BCUT2D eigenvalue weighted by Gasteiger charge is 2.55. The summed E-state index contributed by atoms with van der Waals surface area (Å²) in [6.45, 7) is 1.54. The third-order valence-corrected chi connectivity index (χ3v) is 5.94. The number of likely N-dealkylation sites (tertiary alicyclic amines) is 1. The summed E-state index contributed by atoms with van der Waals surface area (Å²) in [5.74, 6) is -0.497. The van der Waals surface area contributed by atoms with Crippen molar-refractivity contribution >= 4 is 5.97 Å². The second-order valence-electron chi connectivity index (χ2n) is 7.71. The zero-order chi connectivity index (χ0) is 20.4. The summed E-state index contributed by atoms with van der Waals surface area (Å²) in [5, 5.41) is 18.3. The Labute approximate surface area is 168 Å². The SMILES string of the molecule is N#Cc1ccc(COc2cccc(C3CCN(C4(C(=O)O)CC4)CC3)n2)c(F)c1. The Morgan fingerprint density at radius 3 is 2.69 bits per heavy atom. The number of aromatic nitrogens is 1. The highest BCUT2D eigenvalue weighted by Crippen LogP contribution is 2.44. The van der Waals surface area contributed by atoms with E-state index in [1.807, 2.05) is 18.2 Å². The van der Waals surface area contributed by atoms with Crippen molar-refractivity contribution in [2.45, 2.75) is 43.7 Å².